The molecule has 0 saturated carbocycles. The summed E-state index contributed by atoms with van der Waals surface area (Å²) in [6.45, 7) is 2.37. The van der Waals surface area contributed by atoms with Gasteiger partial charge in [-0.2, -0.15) is 0 Å². The first-order valence-electron chi connectivity index (χ1n) is 7.39. The molecular weight excluding hydrogens is 315 g/mol. The van der Waals surface area contributed by atoms with Crippen LogP contribution in [0.25, 0.3) is 0 Å². The normalized spacial score (nSPS) is 10.2. The number of hydrogen-bond acceptors (Lipinski definition) is 4. The maximum atomic E-state index is 13.2. The summed E-state index contributed by atoms with van der Waals surface area (Å²) in [6.07, 6.45) is 0. The van der Waals surface area contributed by atoms with Crippen LogP contribution in [0, 0.1) is 15.9 Å². The van der Waals surface area contributed by atoms with E-state index in [-0.39, 0.29) is 30.6 Å². The summed E-state index contributed by atoms with van der Waals surface area (Å²) in [6, 6.07) is 11.6. The number of carbonyl (C=O) groups excluding carboxylic acids is 1. The lowest BCUT2D eigenvalue weighted by Gasteiger charge is -2.21. The summed E-state index contributed by atoms with van der Waals surface area (Å²) in [5.41, 5.74) is 0.649. The summed E-state index contributed by atoms with van der Waals surface area (Å²) in [4.78, 5) is 23.8. The van der Waals surface area contributed by atoms with E-state index in [4.69, 9.17) is 4.74 Å². The molecule has 0 N–H and O–H groups in total. The molecule has 0 heterocycles. The van der Waals surface area contributed by atoms with Crippen molar-refractivity contribution in [3.8, 4) is 5.75 Å². The molecule has 0 aliphatic rings. The topological polar surface area (TPSA) is 72.7 Å². The van der Waals surface area contributed by atoms with Crippen molar-refractivity contribution in [2.24, 2.45) is 0 Å². The number of non-ortho nitro benzene ring substituents is 1. The van der Waals surface area contributed by atoms with Crippen LogP contribution in [-0.2, 0) is 11.3 Å². The van der Waals surface area contributed by atoms with Gasteiger partial charge in [0.2, 0.25) is 0 Å². The molecule has 24 heavy (non-hydrogen) atoms. The van der Waals surface area contributed by atoms with Gasteiger partial charge in [-0.1, -0.05) is 12.1 Å². The van der Waals surface area contributed by atoms with Crippen molar-refractivity contribution in [3.05, 3.63) is 70.0 Å². The third-order valence-corrected chi connectivity index (χ3v) is 3.41. The molecule has 7 heteroatoms. The molecule has 0 radical (unpaired) electrons. The lowest BCUT2D eigenvalue weighted by atomic mass is 10.2. The molecule has 0 aliphatic heterocycles. The molecule has 0 bridgehead atoms. The van der Waals surface area contributed by atoms with Crippen molar-refractivity contribution in [1.82, 2.24) is 4.90 Å². The van der Waals surface area contributed by atoms with Crippen molar-refractivity contribution in [1.29, 1.82) is 0 Å². The molecule has 2 rings (SSSR count). The summed E-state index contributed by atoms with van der Waals surface area (Å²) in [5, 5.41) is 10.6. The molecule has 0 unspecified atom stereocenters. The van der Waals surface area contributed by atoms with E-state index in [1.54, 1.807) is 17.0 Å². The van der Waals surface area contributed by atoms with Crippen LogP contribution < -0.4 is 4.74 Å². The smallest absolute Gasteiger partial charge is 0.269 e. The van der Waals surface area contributed by atoms with E-state index in [2.05, 4.69) is 0 Å². The second kappa shape index (κ2) is 8.05. The van der Waals surface area contributed by atoms with Crippen molar-refractivity contribution in [2.45, 2.75) is 13.5 Å². The van der Waals surface area contributed by atoms with Crippen LogP contribution >= 0.6 is 0 Å². The fourth-order valence-electron chi connectivity index (χ4n) is 2.13. The van der Waals surface area contributed by atoms with Crippen LogP contribution in [0.4, 0.5) is 10.1 Å². The van der Waals surface area contributed by atoms with Gasteiger partial charge in [0.25, 0.3) is 11.6 Å². The van der Waals surface area contributed by atoms with Gasteiger partial charge in [-0.3, -0.25) is 14.9 Å². The minimum absolute atomic E-state index is 0.0463. The van der Waals surface area contributed by atoms with Gasteiger partial charge >= 0.3 is 0 Å². The molecule has 126 valence electrons. The zero-order valence-corrected chi connectivity index (χ0v) is 13.1. The molecule has 0 spiro atoms. The fourth-order valence-corrected chi connectivity index (χ4v) is 2.13. The Bertz CT molecular complexity index is 719. The second-order valence-electron chi connectivity index (χ2n) is 5.08. The number of nitro benzene ring substituents is 1. The zero-order chi connectivity index (χ0) is 17.5. The highest BCUT2D eigenvalue weighted by molar-refractivity contribution is 5.77. The quantitative estimate of drug-likeness (QED) is 0.577. The average molecular weight is 332 g/mol. The van der Waals surface area contributed by atoms with E-state index in [1.807, 2.05) is 6.92 Å². The van der Waals surface area contributed by atoms with Crippen LogP contribution in [0.3, 0.4) is 0 Å². The first-order chi connectivity index (χ1) is 11.5. The zero-order valence-electron chi connectivity index (χ0n) is 13.1. The van der Waals surface area contributed by atoms with E-state index >= 15 is 0 Å². The summed E-state index contributed by atoms with van der Waals surface area (Å²) in [5.74, 6) is -0.228. The van der Waals surface area contributed by atoms with Gasteiger partial charge < -0.3 is 9.64 Å². The Labute approximate surface area is 138 Å². The van der Waals surface area contributed by atoms with E-state index in [0.717, 1.165) is 0 Å². The molecule has 0 aliphatic carbocycles. The Hall–Kier alpha value is -2.96. The van der Waals surface area contributed by atoms with Crippen LogP contribution in [0.1, 0.15) is 12.5 Å². The first-order valence-corrected chi connectivity index (χ1v) is 7.39. The number of benzene rings is 2. The number of nitro groups is 1. The monoisotopic (exact) mass is 332 g/mol. The minimum Gasteiger partial charge on any atom is -0.484 e. The summed E-state index contributed by atoms with van der Waals surface area (Å²) >= 11 is 0. The largest absolute Gasteiger partial charge is 0.484 e. The van der Waals surface area contributed by atoms with Crippen molar-refractivity contribution >= 4 is 11.6 Å². The van der Waals surface area contributed by atoms with E-state index in [1.165, 1.54) is 36.4 Å². The molecule has 0 fully saturated rings. The van der Waals surface area contributed by atoms with Gasteiger partial charge in [0.05, 0.1) is 4.92 Å². The number of carbonyl (C=O) groups is 1. The van der Waals surface area contributed by atoms with E-state index in [0.29, 0.717) is 17.9 Å². The lowest BCUT2D eigenvalue weighted by molar-refractivity contribution is -0.384. The number of rotatable bonds is 7. The fraction of sp³-hybridized carbons (Fsp3) is 0.235. The highest BCUT2D eigenvalue weighted by atomic mass is 19.1. The molecule has 0 saturated heterocycles. The number of amides is 1. The van der Waals surface area contributed by atoms with Gasteiger partial charge in [0.15, 0.2) is 6.61 Å². The van der Waals surface area contributed by atoms with Crippen molar-refractivity contribution < 1.29 is 18.8 Å². The molecule has 0 atom stereocenters. The third-order valence-electron chi connectivity index (χ3n) is 3.41. The summed E-state index contributed by atoms with van der Waals surface area (Å²) < 4.78 is 18.6. The van der Waals surface area contributed by atoms with Gasteiger partial charge in [0, 0.05) is 25.2 Å². The van der Waals surface area contributed by atoms with Crippen molar-refractivity contribution in [3.63, 3.8) is 0 Å². The van der Waals surface area contributed by atoms with Crippen LogP contribution in [0.5, 0.6) is 5.75 Å². The lowest BCUT2D eigenvalue weighted by Crippen LogP contribution is -2.34. The highest BCUT2D eigenvalue weighted by Crippen LogP contribution is 2.17. The van der Waals surface area contributed by atoms with Crippen LogP contribution in [0.2, 0.25) is 0 Å². The van der Waals surface area contributed by atoms with Gasteiger partial charge in [0.1, 0.15) is 11.6 Å². The van der Waals surface area contributed by atoms with Gasteiger partial charge in [-0.25, -0.2) is 4.39 Å². The first kappa shape index (κ1) is 17.4. The predicted octanol–water partition coefficient (Wildman–Crippen LogP) is 3.16. The standard InChI is InChI=1S/C17H17FN2O4/c1-2-19(11-13-4-3-5-14(18)10-13)17(21)12-24-16-8-6-15(7-9-16)20(22)23/h3-10H,2,11-12H2,1H3. The maximum Gasteiger partial charge on any atom is 0.269 e. The number of hydrogen-bond donors (Lipinski definition) is 0. The van der Waals surface area contributed by atoms with E-state index in [9.17, 15) is 19.3 Å². The molecule has 1 amide bonds. The van der Waals surface area contributed by atoms with Crippen LogP contribution in [0.15, 0.2) is 48.5 Å². The Kier molecular flexibility index (Phi) is 5.83. The number of likely N-dealkylation sites (N-methyl/N-ethyl adjacent to an activating group) is 1. The van der Waals surface area contributed by atoms with Gasteiger partial charge in [-0.05, 0) is 36.8 Å². The van der Waals surface area contributed by atoms with Crippen molar-refractivity contribution in [2.75, 3.05) is 13.2 Å². The van der Waals surface area contributed by atoms with Crippen LogP contribution in [-0.4, -0.2) is 28.9 Å². The Morgan fingerprint density at radius 3 is 2.54 bits per heavy atom. The summed E-state index contributed by atoms with van der Waals surface area (Å²) in [7, 11) is 0. The Morgan fingerprint density at radius 1 is 1.25 bits per heavy atom. The average Bonchev–Trinajstić information content (AvgIpc) is 2.58. The second-order valence-corrected chi connectivity index (χ2v) is 5.08. The predicted molar refractivity (Wildman–Crippen MR) is 86.1 cm³/mol. The molecule has 0 aromatic heterocycles. The molecule has 6 nitrogen and oxygen atoms in total. The Morgan fingerprint density at radius 2 is 1.96 bits per heavy atom. The molecule has 2 aromatic carbocycles. The maximum absolute atomic E-state index is 13.2. The minimum atomic E-state index is -0.507. The SMILES string of the molecule is CCN(Cc1cccc(F)c1)C(=O)COc1ccc([N+](=O)[O-])cc1. The van der Waals surface area contributed by atoms with E-state index < -0.39 is 4.92 Å². The molecule has 2 aromatic rings. The molecular formula is C17H17FN2O4. The van der Waals surface area contributed by atoms with Gasteiger partial charge in [-0.15, -0.1) is 0 Å². The number of nitrogens with zero attached hydrogens (tertiary/aromatic N) is 2. The number of ether oxygens (including phenoxy) is 1. The highest BCUT2D eigenvalue weighted by Gasteiger charge is 2.14. The Balaban J connectivity index is 1.93. The number of halogens is 1. The third kappa shape index (κ3) is 4.77.